The molecule has 0 bridgehead atoms. The predicted octanol–water partition coefficient (Wildman–Crippen LogP) is 15.8. The average Bonchev–Trinajstić information content (AvgIpc) is 0.764. The van der Waals surface area contributed by atoms with Crippen LogP contribution in [0.3, 0.4) is 0 Å². The molecule has 7 heteroatoms. The van der Waals surface area contributed by atoms with Crippen molar-refractivity contribution in [3.8, 4) is 73.2 Å². The molecule has 0 fully saturated rings. The van der Waals surface area contributed by atoms with Gasteiger partial charge in [-0.2, -0.15) is 16.7 Å². The van der Waals surface area contributed by atoms with E-state index in [1.54, 1.807) is 70.9 Å². The maximum atomic E-state index is 11.4. The van der Waals surface area contributed by atoms with Crippen LogP contribution >= 0.6 is 0 Å². The Morgan fingerprint density at radius 3 is 1.88 bits per heavy atom. The summed E-state index contributed by atoms with van der Waals surface area (Å²) in [5.74, 6) is 0.432. The van der Waals surface area contributed by atoms with Crippen molar-refractivity contribution in [1.29, 1.82) is 0 Å². The number of hydrogen-bond donors (Lipinski definition) is 0. The molecule has 0 spiro atoms. The van der Waals surface area contributed by atoms with E-state index in [9.17, 15) is 28.8 Å². The monoisotopic (exact) mass is 1310 g/mol. The molecule has 84 heavy (non-hydrogen) atoms. The van der Waals surface area contributed by atoms with Crippen LogP contribution in [0.2, 0.25) is 0 Å². The van der Waals surface area contributed by atoms with Crippen molar-refractivity contribution in [3.63, 3.8) is 0 Å². The number of rotatable bonds is 9. The zero-order chi connectivity index (χ0) is 81.8. The van der Waals surface area contributed by atoms with E-state index in [1.807, 2.05) is 24.3 Å². The Balaban J connectivity index is 0.0000108. The van der Waals surface area contributed by atoms with Crippen LogP contribution < -0.4 is 30.1 Å². The first kappa shape index (κ1) is 29.2. The molecule has 406 valence electrons. The molecule has 1 aliphatic rings. The Morgan fingerprint density at radius 2 is 1.18 bits per heavy atom. The van der Waals surface area contributed by atoms with Gasteiger partial charge in [-0.15, -0.1) is 29.7 Å². The average molecular weight is 1310 g/mol. The van der Waals surface area contributed by atoms with Gasteiger partial charge >= 0.3 is 0 Å². The van der Waals surface area contributed by atoms with Gasteiger partial charge in [0.25, 0.3) is 6.33 Å². The minimum absolute atomic E-state index is 0. The Labute approximate surface area is 547 Å². The number of nitrogens with zero attached hydrogens (tertiary/aromatic N) is 4. The molecule has 0 unspecified atom stereocenters. The van der Waals surface area contributed by atoms with Gasteiger partial charge in [0.15, 0.2) is 19.1 Å². The molecule has 0 atom stereocenters. The maximum Gasteiger partial charge on any atom is 0.253 e. The van der Waals surface area contributed by atoms with Crippen LogP contribution in [0.1, 0.15) is 73.0 Å². The van der Waals surface area contributed by atoms with Crippen molar-refractivity contribution in [3.05, 3.63) is 296 Å². The topological polar surface area (TPSA) is 35.9 Å². The second kappa shape index (κ2) is 21.1. The van der Waals surface area contributed by atoms with Gasteiger partial charge in [0.1, 0.15) is 11.5 Å². The Hall–Kier alpha value is -9.45. The van der Waals surface area contributed by atoms with Crippen molar-refractivity contribution in [2.45, 2.75) is 33.0 Å². The van der Waals surface area contributed by atoms with Gasteiger partial charge in [-0.1, -0.05) is 232 Å². The Morgan fingerprint density at radius 1 is 0.536 bits per heavy atom. The zero-order valence-corrected chi connectivity index (χ0v) is 47.7. The number of fused-ring (bicyclic) bond motifs is 10. The standard InChI is InChI=1S/C77H57N4OSi.Pt/c1-52-43-44-78-74(45-52)81-71-38-20-19-35-65(71)66-41-39-57(49-72(66)81)82-56-26-21-25-55(48-56)79-51-80-75-67(36-22-37-70(75)77(2,3)4)68-50-61(83(58-27-11-6-12-28-58,59-29-13-7-14-30-59)60-31-15-8-16-32-60)40-42-64(68)62-33-17-18-34-63(62)69-46-54(47-73(79)76(69)80)53-23-9-5-10-24-53;/h5-47,50-51H,1-4H3;/q-1;/i1D3,5D,6D,7D,8D,9D,10D,11D,12D,13D,14D,15D,16D,17D,18D,23D,24D,27D,28D,29D,30D,31D,32D,33D,34D,40D,42D,50D;. The number of hydrogen-bond acceptors (Lipinski definition) is 2. The van der Waals surface area contributed by atoms with E-state index in [0.29, 0.717) is 22.0 Å². The quantitative estimate of drug-likeness (QED) is 0.0625. The van der Waals surface area contributed by atoms with Crippen LogP contribution in [0.15, 0.2) is 273 Å². The van der Waals surface area contributed by atoms with Crippen molar-refractivity contribution >= 4 is 61.7 Å². The van der Waals surface area contributed by atoms with Crippen LogP contribution in [-0.2, 0) is 26.5 Å². The number of aromatic nitrogens is 4. The second-order valence-corrected chi connectivity index (χ2v) is 24.0. The van der Waals surface area contributed by atoms with Gasteiger partial charge < -0.3 is 9.30 Å². The first-order chi connectivity index (χ1) is 53.1. The van der Waals surface area contributed by atoms with Gasteiger partial charge in [-0.25, -0.2) is 9.55 Å². The number of benzene rings is 11. The van der Waals surface area contributed by atoms with E-state index >= 15 is 0 Å². The third-order valence-corrected chi connectivity index (χ3v) is 18.7. The molecule has 3 aromatic heterocycles. The molecule has 4 heterocycles. The Kier molecular flexibility index (Phi) is 7.32. The summed E-state index contributed by atoms with van der Waals surface area (Å²) < 4.78 is 296. The van der Waals surface area contributed by atoms with Gasteiger partial charge in [0.2, 0.25) is 0 Å². The molecule has 14 aromatic rings. The van der Waals surface area contributed by atoms with Crippen LogP contribution in [0, 0.1) is 19.0 Å². The van der Waals surface area contributed by atoms with Crippen molar-refractivity contribution < 1.29 is 71.5 Å². The van der Waals surface area contributed by atoms with E-state index < -0.39 is 232 Å². The number of para-hydroxylation sites is 2. The van der Waals surface area contributed by atoms with E-state index in [1.165, 1.54) is 48.9 Å². The van der Waals surface area contributed by atoms with Crippen molar-refractivity contribution in [2.75, 3.05) is 0 Å². The predicted molar refractivity (Wildman–Crippen MR) is 343 cm³/mol. The molecular formula is C77H57N4OPtSi-. The van der Waals surface area contributed by atoms with Crippen LogP contribution in [-0.4, -0.2) is 22.2 Å². The molecule has 0 amide bonds. The number of imidazole rings is 1. The molecule has 0 aliphatic carbocycles. The maximum absolute atomic E-state index is 11.4. The van der Waals surface area contributed by atoms with E-state index in [0.717, 1.165) is 5.39 Å². The number of aryl methyl sites for hydroxylation is 1. The van der Waals surface area contributed by atoms with Crippen molar-refractivity contribution in [2.24, 2.45) is 0 Å². The molecule has 11 aromatic carbocycles. The summed E-state index contributed by atoms with van der Waals surface area (Å²) in [5, 5.41) is -2.84. The first-order valence-corrected chi connectivity index (χ1v) is 28.1. The largest absolute Gasteiger partial charge is 0.509 e. The van der Waals surface area contributed by atoms with E-state index in [2.05, 4.69) is 17.1 Å². The van der Waals surface area contributed by atoms with Gasteiger partial charge in [0.05, 0.1) is 37.0 Å². The normalized spacial score (nSPS) is 17.1. The minimum atomic E-state index is -6.53. The number of ether oxygens (including phenoxy) is 1. The fourth-order valence-electron chi connectivity index (χ4n) is 11.2. The molecule has 0 saturated carbocycles. The van der Waals surface area contributed by atoms with Gasteiger partial charge in [0, 0.05) is 70.8 Å². The molecule has 1 aliphatic heterocycles. The summed E-state index contributed by atoms with van der Waals surface area (Å²) in [6.45, 7) is 2.93. The summed E-state index contributed by atoms with van der Waals surface area (Å²) in [5.41, 5.74) is -2.75. The molecule has 5 nitrogen and oxygen atoms in total. The Bertz CT molecular complexity index is 6350. The van der Waals surface area contributed by atoms with Gasteiger partial charge in [-0.05, 0) is 108 Å². The summed E-state index contributed by atoms with van der Waals surface area (Å²) in [7, 11) is -6.53. The third kappa shape index (κ3) is 8.70. The fourth-order valence-corrected chi connectivity index (χ4v) is 14.8. The van der Waals surface area contributed by atoms with Crippen LogP contribution in [0.25, 0.3) is 94.5 Å². The summed E-state index contributed by atoms with van der Waals surface area (Å²) in [6, 6.07) is 4.20. The zero-order valence-electron chi connectivity index (χ0n) is 74.4. The number of pyridine rings is 1. The van der Waals surface area contributed by atoms with Crippen LogP contribution in [0.5, 0.6) is 11.5 Å². The summed E-state index contributed by atoms with van der Waals surface area (Å²) in [4.78, 5) is 4.58. The molecule has 0 N–H and O–H groups in total. The molecular weight excluding hydrogens is 1220 g/mol. The fraction of sp³-hybridized carbons (Fsp3) is 0.0649. The summed E-state index contributed by atoms with van der Waals surface area (Å²) >= 11 is 0. The molecule has 0 saturated heterocycles. The summed E-state index contributed by atoms with van der Waals surface area (Å²) in [6.07, 6.45) is 2.92. The second-order valence-electron chi connectivity index (χ2n) is 20.5. The van der Waals surface area contributed by atoms with Crippen LogP contribution in [0.4, 0.5) is 0 Å². The first-order valence-electron chi connectivity index (χ1n) is 41.1. The smallest absolute Gasteiger partial charge is 0.253 e. The van der Waals surface area contributed by atoms with Crippen molar-refractivity contribution in [1.82, 2.24) is 14.1 Å². The molecule has 15 rings (SSSR count). The minimum Gasteiger partial charge on any atom is -0.509 e. The third-order valence-electron chi connectivity index (χ3n) is 14.7. The molecule has 0 radical (unpaired) electrons. The SMILES string of the molecule is [2H]c1c([2H])c([2H])c(-c2cc3c4c(c2)n(-c2[c-]c(Oc5[c-]c6c(cc5)c5ccccc5n6-c5cc(C([2H])([2H])[2H])ccn5)ccc2)c[n+]4-c2c(cccc2C(C)(C)C)-c2c([2H])c([Si](c4c([2H])c([2H])c([2H])c([2H])c4[2H])(c4c([2H])c([2H])c([2H])c([2H])c4[2H])c4c([2H])c([2H])c([2H])c([2H])c4[2H])c([2H])c([2H])c2-c2c([2H])c([2H])c([2H])c([2H])c2-3)c([2H])c1[2H].[Pt]. The van der Waals surface area contributed by atoms with E-state index in [4.69, 9.17) is 17.1 Å². The van der Waals surface area contributed by atoms with Gasteiger partial charge in [-0.3, -0.25) is 0 Å². The van der Waals surface area contributed by atoms with E-state index in [-0.39, 0.29) is 83.0 Å².